The zero-order chi connectivity index (χ0) is 22.3. The van der Waals surface area contributed by atoms with Crippen LogP contribution in [0.15, 0.2) is 60.7 Å². The van der Waals surface area contributed by atoms with Crippen molar-refractivity contribution >= 4 is 5.78 Å². The summed E-state index contributed by atoms with van der Waals surface area (Å²) in [6.07, 6.45) is 3.23. The zero-order valence-corrected chi connectivity index (χ0v) is 19.1. The van der Waals surface area contributed by atoms with Crippen LogP contribution in [0, 0.1) is 0 Å². The quantitative estimate of drug-likeness (QED) is 0.426. The highest BCUT2D eigenvalue weighted by molar-refractivity contribution is 5.95. The van der Waals surface area contributed by atoms with Crippen molar-refractivity contribution in [2.75, 3.05) is 6.79 Å². The molecule has 5 rings (SSSR count). The molecule has 1 heterocycles. The molecule has 2 aliphatic rings. The molecule has 1 aliphatic heterocycles. The van der Waals surface area contributed by atoms with Crippen molar-refractivity contribution in [3.05, 3.63) is 82.9 Å². The molecule has 0 spiro atoms. The van der Waals surface area contributed by atoms with E-state index >= 15 is 0 Å². The standard InChI is InChI=1S/C29H30O3/c1-4-21-9-8-20(14-25(21)23-7-5-6-22(16-23)19(2)3)15-28(30)29(12-13-29)24-10-11-26-27(17-24)32-18-31-26/h5-11,14,16-17,19H,4,12-13,15,18H2,1-3H3. The van der Waals surface area contributed by atoms with Crippen molar-refractivity contribution in [2.24, 2.45) is 0 Å². The van der Waals surface area contributed by atoms with Crippen molar-refractivity contribution in [1.29, 1.82) is 0 Å². The minimum Gasteiger partial charge on any atom is -0.454 e. The lowest BCUT2D eigenvalue weighted by atomic mass is 9.86. The highest BCUT2D eigenvalue weighted by atomic mass is 16.7. The monoisotopic (exact) mass is 426 g/mol. The Labute approximate surface area is 190 Å². The third-order valence-corrected chi connectivity index (χ3v) is 6.99. The van der Waals surface area contributed by atoms with E-state index in [1.165, 1.54) is 22.3 Å². The van der Waals surface area contributed by atoms with Gasteiger partial charge in [0.05, 0.1) is 5.41 Å². The first-order valence-corrected chi connectivity index (χ1v) is 11.7. The summed E-state index contributed by atoms with van der Waals surface area (Å²) in [5.74, 6) is 2.30. The van der Waals surface area contributed by atoms with Crippen LogP contribution in [-0.2, 0) is 23.1 Å². The second-order valence-electron chi connectivity index (χ2n) is 9.38. The molecular weight excluding hydrogens is 396 g/mol. The van der Waals surface area contributed by atoms with Gasteiger partial charge in [0, 0.05) is 6.42 Å². The van der Waals surface area contributed by atoms with Gasteiger partial charge in [-0.15, -0.1) is 0 Å². The van der Waals surface area contributed by atoms with Gasteiger partial charge in [-0.1, -0.05) is 69.3 Å². The van der Waals surface area contributed by atoms with E-state index in [-0.39, 0.29) is 12.2 Å². The van der Waals surface area contributed by atoms with Crippen molar-refractivity contribution < 1.29 is 14.3 Å². The molecule has 1 fully saturated rings. The van der Waals surface area contributed by atoms with E-state index in [0.29, 0.717) is 18.1 Å². The van der Waals surface area contributed by atoms with Crippen LogP contribution in [0.25, 0.3) is 11.1 Å². The molecule has 0 bridgehead atoms. The van der Waals surface area contributed by atoms with Crippen LogP contribution in [0.4, 0.5) is 0 Å². The largest absolute Gasteiger partial charge is 0.454 e. The molecule has 1 saturated carbocycles. The Kier molecular flexibility index (Phi) is 5.28. The maximum Gasteiger partial charge on any atom is 0.231 e. The highest BCUT2D eigenvalue weighted by Gasteiger charge is 2.50. The molecule has 0 radical (unpaired) electrons. The lowest BCUT2D eigenvalue weighted by molar-refractivity contribution is -0.120. The van der Waals surface area contributed by atoms with Crippen LogP contribution in [0.1, 0.15) is 61.8 Å². The SMILES string of the molecule is CCc1ccc(CC(=O)C2(c3ccc4c(c3)OCO4)CC2)cc1-c1cccc(C(C)C)c1. The second-order valence-corrected chi connectivity index (χ2v) is 9.38. The molecule has 3 nitrogen and oxygen atoms in total. The van der Waals surface area contributed by atoms with Gasteiger partial charge in [0.1, 0.15) is 5.78 Å². The Morgan fingerprint density at radius 3 is 2.53 bits per heavy atom. The highest BCUT2D eigenvalue weighted by Crippen LogP contribution is 2.51. The van der Waals surface area contributed by atoms with Crippen molar-refractivity contribution in [3.63, 3.8) is 0 Å². The van der Waals surface area contributed by atoms with Gasteiger partial charge >= 0.3 is 0 Å². The van der Waals surface area contributed by atoms with E-state index in [9.17, 15) is 4.79 Å². The van der Waals surface area contributed by atoms with E-state index in [4.69, 9.17) is 9.47 Å². The number of Topliss-reactive ketones (excluding diaryl/α,β-unsaturated/α-hetero) is 1. The van der Waals surface area contributed by atoms with E-state index in [1.54, 1.807) is 0 Å². The molecule has 3 aromatic carbocycles. The van der Waals surface area contributed by atoms with Gasteiger partial charge in [-0.2, -0.15) is 0 Å². The number of hydrogen-bond acceptors (Lipinski definition) is 3. The summed E-state index contributed by atoms with van der Waals surface area (Å²) in [6.45, 7) is 6.89. The second kappa shape index (κ2) is 8.12. The van der Waals surface area contributed by atoms with Crippen LogP contribution in [0.3, 0.4) is 0 Å². The first kappa shape index (κ1) is 20.8. The number of carbonyl (C=O) groups is 1. The predicted octanol–water partition coefficient (Wildman–Crippen LogP) is 6.61. The fourth-order valence-electron chi connectivity index (χ4n) is 4.78. The van der Waals surface area contributed by atoms with Crippen LogP contribution < -0.4 is 9.47 Å². The zero-order valence-electron chi connectivity index (χ0n) is 19.1. The number of rotatable bonds is 7. The fourth-order valence-corrected chi connectivity index (χ4v) is 4.78. The van der Waals surface area contributed by atoms with Crippen LogP contribution >= 0.6 is 0 Å². The molecule has 0 saturated heterocycles. The van der Waals surface area contributed by atoms with Gasteiger partial charge in [-0.3, -0.25) is 4.79 Å². The number of benzene rings is 3. The summed E-state index contributed by atoms with van der Waals surface area (Å²) in [7, 11) is 0. The van der Waals surface area contributed by atoms with Gasteiger partial charge in [-0.25, -0.2) is 0 Å². The number of ketones is 1. The minimum absolute atomic E-state index is 0.254. The van der Waals surface area contributed by atoms with E-state index in [2.05, 4.69) is 63.2 Å². The molecule has 0 aromatic heterocycles. The van der Waals surface area contributed by atoms with Crippen LogP contribution in [0.2, 0.25) is 0 Å². The third-order valence-electron chi connectivity index (χ3n) is 6.99. The number of carbonyl (C=O) groups excluding carboxylic acids is 1. The summed E-state index contributed by atoms with van der Waals surface area (Å²) in [6, 6.07) is 21.3. The Bertz CT molecular complexity index is 1170. The number of aryl methyl sites for hydroxylation is 1. The average Bonchev–Trinajstić information content (AvgIpc) is 3.50. The Morgan fingerprint density at radius 2 is 1.78 bits per heavy atom. The summed E-state index contributed by atoms with van der Waals surface area (Å²) in [5, 5.41) is 0. The third kappa shape index (κ3) is 3.70. The molecular formula is C29H30O3. The van der Waals surface area contributed by atoms with Gasteiger partial charge in [0.15, 0.2) is 11.5 Å². The van der Waals surface area contributed by atoms with Gasteiger partial charge in [0.2, 0.25) is 6.79 Å². The molecule has 0 atom stereocenters. The maximum absolute atomic E-state index is 13.5. The van der Waals surface area contributed by atoms with Gasteiger partial charge in [0.25, 0.3) is 0 Å². The smallest absolute Gasteiger partial charge is 0.231 e. The number of ether oxygens (including phenoxy) is 2. The van der Waals surface area contributed by atoms with Crippen molar-refractivity contribution in [1.82, 2.24) is 0 Å². The summed E-state index contributed by atoms with van der Waals surface area (Å²) in [4.78, 5) is 13.5. The summed E-state index contributed by atoms with van der Waals surface area (Å²) in [5.41, 5.74) is 6.91. The molecule has 0 amide bonds. The molecule has 1 aliphatic carbocycles. The molecule has 3 heteroatoms. The Morgan fingerprint density at radius 1 is 0.969 bits per heavy atom. The Hall–Kier alpha value is -3.07. The molecule has 0 N–H and O–H groups in total. The molecule has 3 aromatic rings. The number of fused-ring (bicyclic) bond motifs is 1. The fraction of sp³-hybridized carbons (Fsp3) is 0.345. The van der Waals surface area contributed by atoms with Crippen molar-refractivity contribution in [2.45, 2.75) is 57.8 Å². The molecule has 32 heavy (non-hydrogen) atoms. The first-order chi connectivity index (χ1) is 15.5. The van der Waals surface area contributed by atoms with Crippen LogP contribution in [0.5, 0.6) is 11.5 Å². The lowest BCUT2D eigenvalue weighted by Gasteiger charge is -2.17. The normalized spacial score (nSPS) is 15.8. The summed E-state index contributed by atoms with van der Waals surface area (Å²) < 4.78 is 11.0. The maximum atomic E-state index is 13.5. The molecule has 164 valence electrons. The van der Waals surface area contributed by atoms with Gasteiger partial charge < -0.3 is 9.47 Å². The summed E-state index contributed by atoms with van der Waals surface area (Å²) >= 11 is 0. The predicted molar refractivity (Wildman–Crippen MR) is 128 cm³/mol. The first-order valence-electron chi connectivity index (χ1n) is 11.7. The van der Waals surface area contributed by atoms with Crippen LogP contribution in [-0.4, -0.2) is 12.6 Å². The van der Waals surface area contributed by atoms with E-state index < -0.39 is 0 Å². The lowest BCUT2D eigenvalue weighted by Crippen LogP contribution is -2.22. The Balaban J connectivity index is 1.43. The van der Waals surface area contributed by atoms with Crippen molar-refractivity contribution in [3.8, 4) is 22.6 Å². The topological polar surface area (TPSA) is 35.5 Å². The van der Waals surface area contributed by atoms with E-state index in [0.717, 1.165) is 41.9 Å². The van der Waals surface area contributed by atoms with E-state index in [1.807, 2.05) is 18.2 Å². The minimum atomic E-state index is -0.373. The average molecular weight is 427 g/mol. The van der Waals surface area contributed by atoms with Gasteiger partial charge in [-0.05, 0) is 70.7 Å². The molecule has 0 unspecified atom stereocenters. The number of hydrogen-bond donors (Lipinski definition) is 0.